The molecule has 0 aliphatic carbocycles. The molecular formula is C10H13NOS. The molecule has 0 saturated carbocycles. The fourth-order valence-electron chi connectivity index (χ4n) is 1.65. The summed E-state index contributed by atoms with van der Waals surface area (Å²) in [5.41, 5.74) is 0. The van der Waals surface area contributed by atoms with Gasteiger partial charge >= 0.3 is 0 Å². The van der Waals surface area contributed by atoms with Crippen LogP contribution in [0.4, 0.5) is 0 Å². The first-order chi connectivity index (χ1) is 6.27. The van der Waals surface area contributed by atoms with Crippen LogP contribution in [0, 0.1) is 12.8 Å². The van der Waals surface area contributed by atoms with E-state index in [-0.39, 0.29) is 5.92 Å². The van der Waals surface area contributed by atoms with Crippen molar-refractivity contribution in [1.82, 2.24) is 5.32 Å². The van der Waals surface area contributed by atoms with Gasteiger partial charge in [0.2, 0.25) is 0 Å². The lowest BCUT2D eigenvalue weighted by atomic mass is 10.0. The first kappa shape index (κ1) is 8.91. The van der Waals surface area contributed by atoms with Crippen LogP contribution < -0.4 is 5.32 Å². The van der Waals surface area contributed by atoms with Crippen LogP contribution in [0.1, 0.15) is 21.0 Å². The van der Waals surface area contributed by atoms with Crippen LogP contribution in [0.3, 0.4) is 0 Å². The van der Waals surface area contributed by atoms with Crippen LogP contribution in [-0.2, 0) is 0 Å². The third kappa shape index (κ3) is 1.81. The quantitative estimate of drug-likeness (QED) is 0.730. The Hall–Kier alpha value is -0.670. The van der Waals surface area contributed by atoms with E-state index >= 15 is 0 Å². The molecule has 13 heavy (non-hydrogen) atoms. The maximum atomic E-state index is 11.8. The van der Waals surface area contributed by atoms with E-state index in [0.717, 1.165) is 24.4 Å². The summed E-state index contributed by atoms with van der Waals surface area (Å²) in [5.74, 6) is 0.543. The molecule has 2 rings (SSSR count). The van der Waals surface area contributed by atoms with E-state index in [2.05, 4.69) is 5.32 Å². The van der Waals surface area contributed by atoms with Crippen molar-refractivity contribution < 1.29 is 4.79 Å². The van der Waals surface area contributed by atoms with Crippen molar-refractivity contribution in [3.8, 4) is 0 Å². The topological polar surface area (TPSA) is 29.1 Å². The fourth-order valence-corrected chi connectivity index (χ4v) is 2.53. The van der Waals surface area contributed by atoms with E-state index in [9.17, 15) is 4.79 Å². The summed E-state index contributed by atoms with van der Waals surface area (Å²) >= 11 is 1.61. The van der Waals surface area contributed by atoms with Crippen molar-refractivity contribution in [2.45, 2.75) is 13.3 Å². The van der Waals surface area contributed by atoms with Gasteiger partial charge in [0.15, 0.2) is 5.78 Å². The Labute approximate surface area is 82.0 Å². The molecule has 0 bridgehead atoms. The maximum Gasteiger partial charge on any atom is 0.177 e. The SMILES string of the molecule is Cc1ccc(C(=O)C2CCNC2)s1. The summed E-state index contributed by atoms with van der Waals surface area (Å²) in [4.78, 5) is 14.0. The zero-order valence-electron chi connectivity index (χ0n) is 7.67. The smallest absolute Gasteiger partial charge is 0.177 e. The predicted molar refractivity (Wildman–Crippen MR) is 54.4 cm³/mol. The van der Waals surface area contributed by atoms with E-state index < -0.39 is 0 Å². The Morgan fingerprint density at radius 2 is 2.46 bits per heavy atom. The highest BCUT2D eigenvalue weighted by Gasteiger charge is 2.24. The molecule has 0 radical (unpaired) electrons. The normalized spacial score (nSPS) is 22.1. The molecule has 1 fully saturated rings. The van der Waals surface area contributed by atoms with Crippen molar-refractivity contribution >= 4 is 17.1 Å². The van der Waals surface area contributed by atoms with Gasteiger partial charge in [0, 0.05) is 17.3 Å². The lowest BCUT2D eigenvalue weighted by molar-refractivity contribution is 0.0934. The van der Waals surface area contributed by atoms with Crippen molar-refractivity contribution in [3.63, 3.8) is 0 Å². The Morgan fingerprint density at radius 3 is 3.00 bits per heavy atom. The lowest BCUT2D eigenvalue weighted by Gasteiger charge is -2.03. The zero-order valence-corrected chi connectivity index (χ0v) is 8.49. The number of ketones is 1. The van der Waals surface area contributed by atoms with Gasteiger partial charge in [-0.15, -0.1) is 11.3 Å². The summed E-state index contributed by atoms with van der Waals surface area (Å²) in [5, 5.41) is 3.21. The third-order valence-corrected chi connectivity index (χ3v) is 3.43. The summed E-state index contributed by atoms with van der Waals surface area (Å²) in [6.45, 7) is 3.88. The largest absolute Gasteiger partial charge is 0.316 e. The minimum Gasteiger partial charge on any atom is -0.316 e. The van der Waals surface area contributed by atoms with Gasteiger partial charge in [0.25, 0.3) is 0 Å². The molecule has 1 N–H and O–H groups in total. The Bertz CT molecular complexity index is 312. The van der Waals surface area contributed by atoms with Gasteiger partial charge in [-0.1, -0.05) is 0 Å². The number of carbonyl (C=O) groups is 1. The molecule has 1 unspecified atom stereocenters. The number of hydrogen-bond donors (Lipinski definition) is 1. The van der Waals surface area contributed by atoms with E-state index in [1.54, 1.807) is 11.3 Å². The molecule has 0 aromatic carbocycles. The first-order valence-corrected chi connectivity index (χ1v) is 5.40. The van der Waals surface area contributed by atoms with E-state index in [1.165, 1.54) is 4.88 Å². The summed E-state index contributed by atoms with van der Waals surface area (Å²) in [6, 6.07) is 3.96. The first-order valence-electron chi connectivity index (χ1n) is 4.59. The van der Waals surface area contributed by atoms with Gasteiger partial charge in [-0.25, -0.2) is 0 Å². The molecule has 70 valence electrons. The molecule has 1 aliphatic heterocycles. The van der Waals surface area contributed by atoms with Crippen molar-refractivity contribution in [2.24, 2.45) is 5.92 Å². The molecule has 0 spiro atoms. The zero-order chi connectivity index (χ0) is 9.26. The Morgan fingerprint density at radius 1 is 1.62 bits per heavy atom. The lowest BCUT2D eigenvalue weighted by Crippen LogP contribution is -2.16. The van der Waals surface area contributed by atoms with Crippen LogP contribution in [0.25, 0.3) is 0 Å². The van der Waals surface area contributed by atoms with Crippen molar-refractivity contribution in [1.29, 1.82) is 0 Å². The van der Waals surface area contributed by atoms with E-state index in [4.69, 9.17) is 0 Å². The molecule has 0 amide bonds. The monoisotopic (exact) mass is 195 g/mol. The Kier molecular flexibility index (Phi) is 2.47. The molecule has 3 heteroatoms. The van der Waals surface area contributed by atoms with Crippen LogP contribution in [0.2, 0.25) is 0 Å². The highest BCUT2D eigenvalue weighted by Crippen LogP contribution is 2.21. The van der Waals surface area contributed by atoms with E-state index in [0.29, 0.717) is 5.78 Å². The van der Waals surface area contributed by atoms with Gasteiger partial charge in [-0.05, 0) is 32.0 Å². The van der Waals surface area contributed by atoms with Gasteiger partial charge in [0.05, 0.1) is 4.88 Å². The average Bonchev–Trinajstić information content (AvgIpc) is 2.72. The van der Waals surface area contributed by atoms with E-state index in [1.807, 2.05) is 19.1 Å². The molecule has 2 heterocycles. The number of Topliss-reactive ketones (excluding diaryl/α,β-unsaturated/α-hetero) is 1. The number of nitrogens with one attached hydrogen (secondary N) is 1. The van der Waals surface area contributed by atoms with Gasteiger partial charge in [-0.2, -0.15) is 0 Å². The summed E-state index contributed by atoms with van der Waals surface area (Å²) < 4.78 is 0. The molecular weight excluding hydrogens is 182 g/mol. The molecule has 1 saturated heterocycles. The van der Waals surface area contributed by atoms with Crippen LogP contribution in [-0.4, -0.2) is 18.9 Å². The third-order valence-electron chi connectivity index (χ3n) is 2.41. The fraction of sp³-hybridized carbons (Fsp3) is 0.500. The number of hydrogen-bond acceptors (Lipinski definition) is 3. The standard InChI is InChI=1S/C10H13NOS/c1-7-2-3-9(13-7)10(12)8-4-5-11-6-8/h2-3,8,11H,4-6H2,1H3. The second kappa shape index (κ2) is 3.60. The second-order valence-electron chi connectivity index (χ2n) is 3.46. The van der Waals surface area contributed by atoms with Crippen molar-refractivity contribution in [3.05, 3.63) is 21.9 Å². The summed E-state index contributed by atoms with van der Waals surface area (Å²) in [7, 11) is 0. The van der Waals surface area contributed by atoms with Gasteiger partial charge in [0.1, 0.15) is 0 Å². The minimum atomic E-state index is 0.220. The number of rotatable bonds is 2. The molecule has 2 nitrogen and oxygen atoms in total. The number of aryl methyl sites for hydroxylation is 1. The van der Waals surface area contributed by atoms with Crippen LogP contribution in [0.15, 0.2) is 12.1 Å². The maximum absolute atomic E-state index is 11.8. The minimum absolute atomic E-state index is 0.220. The number of carbonyl (C=O) groups excluding carboxylic acids is 1. The summed E-state index contributed by atoms with van der Waals surface area (Å²) in [6.07, 6.45) is 0.996. The molecule has 1 aromatic rings. The van der Waals surface area contributed by atoms with Gasteiger partial charge < -0.3 is 5.32 Å². The Balaban J connectivity index is 2.12. The van der Waals surface area contributed by atoms with Gasteiger partial charge in [-0.3, -0.25) is 4.79 Å². The van der Waals surface area contributed by atoms with Crippen molar-refractivity contribution in [2.75, 3.05) is 13.1 Å². The number of thiophene rings is 1. The predicted octanol–water partition coefficient (Wildman–Crippen LogP) is 1.85. The second-order valence-corrected chi connectivity index (χ2v) is 4.75. The van der Waals surface area contributed by atoms with Crippen LogP contribution in [0.5, 0.6) is 0 Å². The highest BCUT2D eigenvalue weighted by atomic mass is 32.1. The molecule has 1 atom stereocenters. The van der Waals surface area contributed by atoms with Crippen LogP contribution >= 0.6 is 11.3 Å². The highest BCUT2D eigenvalue weighted by molar-refractivity contribution is 7.14. The molecule has 1 aromatic heterocycles. The molecule has 1 aliphatic rings. The average molecular weight is 195 g/mol.